The molecule has 0 N–H and O–H groups in total. The number of nitrogens with zero attached hydrogens (tertiary/aromatic N) is 1. The maximum absolute atomic E-state index is 12.0. The van der Waals surface area contributed by atoms with Gasteiger partial charge in [0.2, 0.25) is 5.91 Å². The van der Waals surface area contributed by atoms with Gasteiger partial charge < -0.3 is 4.90 Å². The molecule has 0 spiro atoms. The molecule has 15 heavy (non-hydrogen) atoms. The maximum atomic E-state index is 12.0. The Morgan fingerprint density at radius 3 is 2.53 bits per heavy atom. The first-order chi connectivity index (χ1) is 6.99. The van der Waals surface area contributed by atoms with Crippen LogP contribution in [0.4, 0.5) is 0 Å². The van der Waals surface area contributed by atoms with Crippen molar-refractivity contribution in [2.45, 2.75) is 46.5 Å². The Labute approximate surface area is 93.0 Å². The van der Waals surface area contributed by atoms with Crippen LogP contribution < -0.4 is 0 Å². The third kappa shape index (κ3) is 4.88. The van der Waals surface area contributed by atoms with Crippen LogP contribution in [0.25, 0.3) is 0 Å². The molecule has 1 aliphatic heterocycles. The molecule has 1 aliphatic rings. The van der Waals surface area contributed by atoms with Crippen LogP contribution in [-0.2, 0) is 4.79 Å². The van der Waals surface area contributed by atoms with E-state index in [0.29, 0.717) is 6.42 Å². The molecular weight excluding hydrogens is 186 g/mol. The van der Waals surface area contributed by atoms with Crippen molar-refractivity contribution >= 4 is 5.91 Å². The average molecular weight is 207 g/mol. The molecule has 84 valence electrons. The third-order valence-electron chi connectivity index (χ3n) is 2.40. The van der Waals surface area contributed by atoms with E-state index in [2.05, 4.69) is 32.6 Å². The van der Waals surface area contributed by atoms with Crippen molar-refractivity contribution in [3.8, 4) is 11.8 Å². The maximum Gasteiger partial charge on any atom is 0.223 e. The molecule has 0 aromatic heterocycles. The van der Waals surface area contributed by atoms with Crippen molar-refractivity contribution in [3.05, 3.63) is 0 Å². The van der Waals surface area contributed by atoms with Crippen molar-refractivity contribution in [1.29, 1.82) is 0 Å². The van der Waals surface area contributed by atoms with Gasteiger partial charge in [-0.05, 0) is 11.8 Å². The van der Waals surface area contributed by atoms with Gasteiger partial charge in [-0.25, -0.2) is 0 Å². The molecule has 2 nitrogen and oxygen atoms in total. The first-order valence-electron chi connectivity index (χ1n) is 5.72. The van der Waals surface area contributed by atoms with Crippen LogP contribution in [-0.4, -0.2) is 23.9 Å². The van der Waals surface area contributed by atoms with E-state index in [4.69, 9.17) is 0 Å². The monoisotopic (exact) mass is 207 g/mol. The van der Waals surface area contributed by atoms with Crippen molar-refractivity contribution < 1.29 is 4.79 Å². The lowest BCUT2D eigenvalue weighted by molar-refractivity contribution is -0.133. The fourth-order valence-electron chi connectivity index (χ4n) is 1.65. The standard InChI is InChI=1S/C13H21NO/c1-13(2,3)11-12(15)14-9-7-5-4-6-8-10-14/h5,7-11H2,1-3H3. The van der Waals surface area contributed by atoms with Crippen LogP contribution in [0.1, 0.15) is 46.5 Å². The van der Waals surface area contributed by atoms with Gasteiger partial charge in [0.1, 0.15) is 0 Å². The summed E-state index contributed by atoms with van der Waals surface area (Å²) in [5.41, 5.74) is 0.0884. The minimum atomic E-state index is 0.0884. The summed E-state index contributed by atoms with van der Waals surface area (Å²) < 4.78 is 0. The van der Waals surface area contributed by atoms with E-state index in [1.54, 1.807) is 0 Å². The number of carbonyl (C=O) groups excluding carboxylic acids is 1. The highest BCUT2D eigenvalue weighted by Gasteiger charge is 2.20. The molecule has 0 aromatic carbocycles. The molecule has 1 heterocycles. The topological polar surface area (TPSA) is 20.3 Å². The van der Waals surface area contributed by atoms with Gasteiger partial charge in [-0.1, -0.05) is 20.8 Å². The van der Waals surface area contributed by atoms with E-state index in [-0.39, 0.29) is 11.3 Å². The predicted octanol–water partition coefficient (Wildman–Crippen LogP) is 2.44. The Kier molecular flexibility index (Phi) is 4.20. The Balaban J connectivity index is 2.49. The minimum Gasteiger partial charge on any atom is -0.342 e. The van der Waals surface area contributed by atoms with Crippen LogP contribution in [0.5, 0.6) is 0 Å². The highest BCUT2D eigenvalue weighted by molar-refractivity contribution is 5.76. The molecule has 0 aromatic rings. The van der Waals surface area contributed by atoms with E-state index in [1.807, 2.05) is 4.90 Å². The summed E-state index contributed by atoms with van der Waals surface area (Å²) in [7, 11) is 0. The van der Waals surface area contributed by atoms with Crippen LogP contribution in [0.2, 0.25) is 0 Å². The van der Waals surface area contributed by atoms with E-state index < -0.39 is 0 Å². The van der Waals surface area contributed by atoms with Crippen LogP contribution in [0, 0.1) is 17.3 Å². The second-order valence-electron chi connectivity index (χ2n) is 5.33. The fraction of sp³-hybridized carbons (Fsp3) is 0.769. The number of amides is 1. The molecule has 0 atom stereocenters. The van der Waals surface area contributed by atoms with Gasteiger partial charge in [0.25, 0.3) is 0 Å². The summed E-state index contributed by atoms with van der Waals surface area (Å²) in [5, 5.41) is 0. The van der Waals surface area contributed by atoms with Crippen molar-refractivity contribution in [2.24, 2.45) is 5.41 Å². The Morgan fingerprint density at radius 2 is 1.87 bits per heavy atom. The predicted molar refractivity (Wildman–Crippen MR) is 62.3 cm³/mol. The zero-order chi connectivity index (χ0) is 11.3. The molecule has 1 amide bonds. The molecule has 0 aliphatic carbocycles. The van der Waals surface area contributed by atoms with Crippen LogP contribution in [0.15, 0.2) is 0 Å². The summed E-state index contributed by atoms with van der Waals surface area (Å²) in [6, 6.07) is 0. The molecule has 1 rings (SSSR count). The Hall–Kier alpha value is -0.970. The molecular formula is C13H21NO. The zero-order valence-electron chi connectivity index (χ0n) is 10.1. The molecule has 0 fully saturated rings. The summed E-state index contributed by atoms with van der Waals surface area (Å²) >= 11 is 0. The molecule has 0 saturated carbocycles. The van der Waals surface area contributed by atoms with Gasteiger partial charge in [0.05, 0.1) is 0 Å². The molecule has 0 saturated heterocycles. The third-order valence-corrected chi connectivity index (χ3v) is 2.40. The highest BCUT2D eigenvalue weighted by atomic mass is 16.2. The Bertz CT molecular complexity index is 277. The summed E-state index contributed by atoms with van der Waals surface area (Å²) in [6.07, 6.45) is 3.42. The highest BCUT2D eigenvalue weighted by Crippen LogP contribution is 2.20. The van der Waals surface area contributed by atoms with E-state index in [0.717, 1.165) is 32.4 Å². The van der Waals surface area contributed by atoms with Gasteiger partial charge >= 0.3 is 0 Å². The van der Waals surface area contributed by atoms with E-state index in [9.17, 15) is 4.79 Å². The van der Waals surface area contributed by atoms with Gasteiger partial charge in [-0.3, -0.25) is 4.79 Å². The normalized spacial score (nSPS) is 17.4. The minimum absolute atomic E-state index is 0.0884. The van der Waals surface area contributed by atoms with Crippen molar-refractivity contribution in [3.63, 3.8) is 0 Å². The lowest BCUT2D eigenvalue weighted by Gasteiger charge is -2.26. The quantitative estimate of drug-likeness (QED) is 0.605. The molecule has 0 unspecified atom stereocenters. The van der Waals surface area contributed by atoms with Crippen molar-refractivity contribution in [1.82, 2.24) is 4.90 Å². The largest absolute Gasteiger partial charge is 0.342 e. The molecule has 2 heteroatoms. The Morgan fingerprint density at radius 1 is 1.20 bits per heavy atom. The van der Waals surface area contributed by atoms with Crippen LogP contribution >= 0.6 is 0 Å². The number of hydrogen-bond acceptors (Lipinski definition) is 1. The van der Waals surface area contributed by atoms with Gasteiger partial charge in [0.15, 0.2) is 0 Å². The van der Waals surface area contributed by atoms with Crippen molar-refractivity contribution in [2.75, 3.05) is 13.1 Å². The molecule has 0 bridgehead atoms. The first kappa shape index (κ1) is 12.1. The smallest absolute Gasteiger partial charge is 0.223 e. The second kappa shape index (κ2) is 5.21. The average Bonchev–Trinajstić information content (AvgIpc) is 1.98. The lowest BCUT2D eigenvalue weighted by Crippen LogP contribution is -2.35. The van der Waals surface area contributed by atoms with Gasteiger partial charge in [-0.2, -0.15) is 0 Å². The lowest BCUT2D eigenvalue weighted by atomic mass is 9.91. The summed E-state index contributed by atoms with van der Waals surface area (Å²) in [6.45, 7) is 8.00. The van der Waals surface area contributed by atoms with Gasteiger partial charge in [0, 0.05) is 32.4 Å². The number of carbonyl (C=O) groups is 1. The zero-order valence-corrected chi connectivity index (χ0v) is 10.1. The van der Waals surface area contributed by atoms with Gasteiger partial charge in [-0.15, -0.1) is 11.8 Å². The van der Waals surface area contributed by atoms with Crippen LogP contribution in [0.3, 0.4) is 0 Å². The van der Waals surface area contributed by atoms with E-state index >= 15 is 0 Å². The SMILES string of the molecule is CC(C)(C)CC(=O)N1CCC#CCCC1. The number of hydrogen-bond donors (Lipinski definition) is 0. The number of rotatable bonds is 1. The fourth-order valence-corrected chi connectivity index (χ4v) is 1.65. The second-order valence-corrected chi connectivity index (χ2v) is 5.33. The first-order valence-corrected chi connectivity index (χ1v) is 5.72. The summed E-state index contributed by atoms with van der Waals surface area (Å²) in [4.78, 5) is 13.9. The molecule has 0 radical (unpaired) electrons. The van der Waals surface area contributed by atoms with E-state index in [1.165, 1.54) is 0 Å². The summed E-state index contributed by atoms with van der Waals surface area (Å²) in [5.74, 6) is 6.48.